The lowest BCUT2D eigenvalue weighted by molar-refractivity contribution is -0.166. The van der Waals surface area contributed by atoms with Gasteiger partial charge in [-0.2, -0.15) is 0 Å². The Balaban J connectivity index is 1.36. The number of carbonyl (C=O) groups is 2. The maximum Gasteiger partial charge on any atom is 0.254 e. The quantitative estimate of drug-likeness (QED) is 0.429. The summed E-state index contributed by atoms with van der Waals surface area (Å²) < 4.78 is 17.1. The molecule has 2 fully saturated rings. The number of fused-ring (bicyclic) bond motifs is 5. The molecule has 2 aromatic carbocycles. The van der Waals surface area contributed by atoms with E-state index in [4.69, 9.17) is 14.2 Å². The number of aromatic nitrogens is 1. The van der Waals surface area contributed by atoms with Crippen LogP contribution in [-0.4, -0.2) is 97.7 Å². The number of nitrogens with zero attached hydrogens (tertiary/aromatic N) is 3. The lowest BCUT2D eigenvalue weighted by Gasteiger charge is -2.51. The summed E-state index contributed by atoms with van der Waals surface area (Å²) in [6.07, 6.45) is 1.73. The molecule has 2 atom stereocenters. The largest absolute Gasteiger partial charge is 0.493 e. The van der Waals surface area contributed by atoms with Crippen molar-refractivity contribution in [2.75, 3.05) is 66.2 Å². The highest BCUT2D eigenvalue weighted by Crippen LogP contribution is 2.49. The van der Waals surface area contributed by atoms with Crippen LogP contribution in [0.5, 0.6) is 11.5 Å². The molecular formula is C32H40N4O5. The smallest absolute Gasteiger partial charge is 0.254 e. The summed E-state index contributed by atoms with van der Waals surface area (Å²) in [4.78, 5) is 37.6. The fourth-order valence-electron chi connectivity index (χ4n) is 6.70. The number of H-pyrrole nitrogens is 1. The van der Waals surface area contributed by atoms with E-state index >= 15 is 0 Å². The molecule has 1 aromatic heterocycles. The van der Waals surface area contributed by atoms with Gasteiger partial charge in [-0.25, -0.2) is 0 Å². The lowest BCUT2D eigenvalue weighted by Crippen LogP contribution is -2.67. The number of amides is 2. The molecule has 2 saturated heterocycles. The first kappa shape index (κ1) is 27.6. The second kappa shape index (κ2) is 11.4. The van der Waals surface area contributed by atoms with Crippen LogP contribution in [0.1, 0.15) is 49.4 Å². The molecule has 9 nitrogen and oxygen atoms in total. The molecule has 1 N–H and O–H groups in total. The molecule has 0 aliphatic carbocycles. The van der Waals surface area contributed by atoms with E-state index in [1.165, 1.54) is 0 Å². The number of para-hydroxylation sites is 1. The summed E-state index contributed by atoms with van der Waals surface area (Å²) in [5.74, 6) is 1.19. The molecule has 3 aliphatic heterocycles. The Kier molecular flexibility index (Phi) is 7.66. The Bertz CT molecular complexity index is 1430. The number of nitrogens with one attached hydrogen (secondary N) is 1. The van der Waals surface area contributed by atoms with Gasteiger partial charge in [0.15, 0.2) is 17.0 Å². The minimum Gasteiger partial charge on any atom is -0.493 e. The van der Waals surface area contributed by atoms with Gasteiger partial charge in [-0.05, 0) is 49.1 Å². The van der Waals surface area contributed by atoms with Gasteiger partial charge in [0.1, 0.15) is 0 Å². The van der Waals surface area contributed by atoms with Crippen LogP contribution in [0, 0.1) is 0 Å². The van der Waals surface area contributed by atoms with Gasteiger partial charge in [0.25, 0.3) is 5.91 Å². The Morgan fingerprint density at radius 1 is 1.07 bits per heavy atom. The number of morpholine rings is 1. The Morgan fingerprint density at radius 2 is 1.88 bits per heavy atom. The van der Waals surface area contributed by atoms with Crippen LogP contribution in [0.25, 0.3) is 10.9 Å². The van der Waals surface area contributed by atoms with Crippen LogP contribution in [0.4, 0.5) is 0 Å². The average Bonchev–Trinajstić information content (AvgIpc) is 3.40. The molecule has 0 saturated carbocycles. The van der Waals surface area contributed by atoms with Crippen molar-refractivity contribution >= 4 is 22.7 Å². The third-order valence-corrected chi connectivity index (χ3v) is 8.88. The summed E-state index contributed by atoms with van der Waals surface area (Å²) in [6, 6.07) is 14.2. The Hall–Kier alpha value is -3.56. The minimum absolute atomic E-state index is 0.0220. The maximum atomic E-state index is 14.3. The van der Waals surface area contributed by atoms with Crippen molar-refractivity contribution in [2.45, 2.75) is 38.1 Å². The van der Waals surface area contributed by atoms with Gasteiger partial charge >= 0.3 is 0 Å². The summed E-state index contributed by atoms with van der Waals surface area (Å²) in [7, 11) is 1.65. The third-order valence-electron chi connectivity index (χ3n) is 8.88. The van der Waals surface area contributed by atoms with Crippen LogP contribution < -0.4 is 9.47 Å². The Morgan fingerprint density at radius 3 is 2.66 bits per heavy atom. The zero-order chi connectivity index (χ0) is 28.6. The number of rotatable bonds is 9. The van der Waals surface area contributed by atoms with E-state index in [0.29, 0.717) is 31.2 Å². The van der Waals surface area contributed by atoms with Gasteiger partial charge in [-0.1, -0.05) is 31.2 Å². The van der Waals surface area contributed by atoms with Crippen molar-refractivity contribution in [3.05, 3.63) is 59.3 Å². The van der Waals surface area contributed by atoms with Crippen molar-refractivity contribution in [2.24, 2.45) is 0 Å². The average molecular weight is 561 g/mol. The van der Waals surface area contributed by atoms with Crippen LogP contribution in [0.15, 0.2) is 42.5 Å². The molecule has 0 bridgehead atoms. The number of aromatic amines is 1. The first-order valence-corrected chi connectivity index (χ1v) is 14.8. The zero-order valence-corrected chi connectivity index (χ0v) is 24.3. The minimum atomic E-state index is -1.10. The van der Waals surface area contributed by atoms with Gasteiger partial charge in [0, 0.05) is 49.5 Å². The monoisotopic (exact) mass is 560 g/mol. The van der Waals surface area contributed by atoms with E-state index in [9.17, 15) is 9.59 Å². The van der Waals surface area contributed by atoms with E-state index < -0.39 is 5.54 Å². The number of carbonyl (C=O) groups excluding carboxylic acids is 2. The van der Waals surface area contributed by atoms with Crippen LogP contribution in [0.3, 0.4) is 0 Å². The van der Waals surface area contributed by atoms with Crippen molar-refractivity contribution in [1.29, 1.82) is 0 Å². The molecule has 41 heavy (non-hydrogen) atoms. The molecule has 218 valence electrons. The predicted octanol–water partition coefficient (Wildman–Crippen LogP) is 3.72. The van der Waals surface area contributed by atoms with Crippen molar-refractivity contribution in [3.63, 3.8) is 0 Å². The standard InChI is InChI=1S/C32H40N4O5/c1-4-16-41-26-11-10-22(19-27(26)39-3)24-20-36-28(37)21-35(13-7-12-34-14-17-40-18-15-34)31(38)32(36,2)30-29(24)23-8-5-6-9-25(23)33-30/h5-6,8-11,19,24,33H,4,7,12-18,20-21H2,1-3H3. The number of piperazine rings is 1. The molecule has 3 aromatic rings. The van der Waals surface area contributed by atoms with E-state index in [1.54, 1.807) is 16.9 Å². The van der Waals surface area contributed by atoms with Gasteiger partial charge in [0.2, 0.25) is 5.91 Å². The summed E-state index contributed by atoms with van der Waals surface area (Å²) >= 11 is 0. The highest BCUT2D eigenvalue weighted by Gasteiger charge is 2.56. The van der Waals surface area contributed by atoms with Gasteiger partial charge in [-0.3, -0.25) is 14.5 Å². The molecule has 9 heteroatoms. The van der Waals surface area contributed by atoms with Crippen LogP contribution >= 0.6 is 0 Å². The number of methoxy groups -OCH3 is 1. The normalized spacial score (nSPS) is 23.0. The molecule has 0 spiro atoms. The first-order chi connectivity index (χ1) is 20.0. The molecule has 0 radical (unpaired) electrons. The molecule has 2 unspecified atom stereocenters. The summed E-state index contributed by atoms with van der Waals surface area (Å²) in [6.45, 7) is 9.87. The SMILES string of the molecule is CCCOc1ccc(C2CN3C(=O)CN(CCCN4CCOCC4)C(=O)C3(C)c3[nH]c4ccccc4c32)cc1OC. The number of benzene rings is 2. The molecule has 6 rings (SSSR count). The van der Waals surface area contributed by atoms with Crippen molar-refractivity contribution < 1.29 is 23.8 Å². The second-order valence-electron chi connectivity index (χ2n) is 11.4. The van der Waals surface area contributed by atoms with E-state index in [-0.39, 0.29) is 24.3 Å². The molecule has 2 amide bonds. The lowest BCUT2D eigenvalue weighted by atomic mass is 9.76. The second-order valence-corrected chi connectivity index (χ2v) is 11.4. The van der Waals surface area contributed by atoms with Crippen LogP contribution in [-0.2, 0) is 19.9 Å². The third kappa shape index (κ3) is 4.85. The van der Waals surface area contributed by atoms with Gasteiger partial charge in [0.05, 0.1) is 39.2 Å². The highest BCUT2D eigenvalue weighted by atomic mass is 16.5. The molecular weight excluding hydrogens is 520 g/mol. The zero-order valence-electron chi connectivity index (χ0n) is 24.3. The Labute approximate surface area is 241 Å². The predicted molar refractivity (Wildman–Crippen MR) is 156 cm³/mol. The molecule has 4 heterocycles. The summed E-state index contributed by atoms with van der Waals surface area (Å²) in [5.41, 5.74) is 2.75. The van der Waals surface area contributed by atoms with Crippen LogP contribution in [0.2, 0.25) is 0 Å². The van der Waals surface area contributed by atoms with Crippen molar-refractivity contribution in [3.8, 4) is 11.5 Å². The van der Waals surface area contributed by atoms with Gasteiger partial charge in [-0.15, -0.1) is 0 Å². The molecule has 3 aliphatic rings. The fourth-order valence-corrected chi connectivity index (χ4v) is 6.70. The van der Waals surface area contributed by atoms with E-state index in [1.807, 2.05) is 37.3 Å². The van der Waals surface area contributed by atoms with E-state index in [2.05, 4.69) is 28.9 Å². The van der Waals surface area contributed by atoms with E-state index in [0.717, 1.165) is 73.4 Å². The maximum absolute atomic E-state index is 14.3. The van der Waals surface area contributed by atoms with Crippen molar-refractivity contribution in [1.82, 2.24) is 19.7 Å². The topological polar surface area (TPSA) is 87.3 Å². The number of hydrogen-bond acceptors (Lipinski definition) is 6. The summed E-state index contributed by atoms with van der Waals surface area (Å²) in [5, 5.41) is 1.07. The highest BCUT2D eigenvalue weighted by molar-refractivity contribution is 6.01. The number of ether oxygens (including phenoxy) is 3. The van der Waals surface area contributed by atoms with Gasteiger partial charge < -0.3 is 29.0 Å². The fraction of sp³-hybridized carbons (Fsp3) is 0.500. The number of hydrogen-bond donors (Lipinski definition) is 1. The first-order valence-electron chi connectivity index (χ1n) is 14.8.